The van der Waals surface area contributed by atoms with Gasteiger partial charge in [-0.3, -0.25) is 14.9 Å². The van der Waals surface area contributed by atoms with Crippen molar-refractivity contribution < 1.29 is 18.0 Å². The summed E-state index contributed by atoms with van der Waals surface area (Å²) in [4.78, 5) is 22.3. The maximum atomic E-state index is 11.7. The normalized spacial score (nSPS) is 21.7. The Labute approximate surface area is 101 Å². The Morgan fingerprint density at radius 1 is 1.41 bits per heavy atom. The fourth-order valence-corrected chi connectivity index (χ4v) is 3.03. The molecular formula is C10H18N2O4S. The van der Waals surface area contributed by atoms with Crippen molar-refractivity contribution in [3.05, 3.63) is 0 Å². The van der Waals surface area contributed by atoms with Gasteiger partial charge in [-0.05, 0) is 18.8 Å². The molecule has 0 aromatic rings. The van der Waals surface area contributed by atoms with Crippen molar-refractivity contribution in [2.24, 2.45) is 5.92 Å². The topological polar surface area (TPSA) is 92.3 Å². The standard InChI is InChI=1S/C10H18N2O4S/c1-7(2)5-6-17(15,16)12-8-3-4-9(13)11-10(8)14/h7-8,12H,3-6H2,1-2H3,(H,11,13,14). The van der Waals surface area contributed by atoms with Crippen LogP contribution in [0.2, 0.25) is 0 Å². The third-order valence-corrected chi connectivity index (χ3v) is 3.94. The highest BCUT2D eigenvalue weighted by molar-refractivity contribution is 7.89. The number of rotatable bonds is 5. The second-order valence-electron chi connectivity index (χ2n) is 4.62. The number of carbonyl (C=O) groups excluding carboxylic acids is 2. The minimum absolute atomic E-state index is 0.00237. The van der Waals surface area contributed by atoms with E-state index in [2.05, 4.69) is 10.0 Å². The van der Waals surface area contributed by atoms with Crippen molar-refractivity contribution in [3.8, 4) is 0 Å². The summed E-state index contributed by atoms with van der Waals surface area (Å²) in [6, 6.07) is -0.815. The van der Waals surface area contributed by atoms with E-state index < -0.39 is 22.0 Å². The molecule has 2 amide bonds. The van der Waals surface area contributed by atoms with Crippen molar-refractivity contribution >= 4 is 21.8 Å². The lowest BCUT2D eigenvalue weighted by Crippen LogP contribution is -2.52. The first-order valence-corrected chi connectivity index (χ1v) is 7.29. The van der Waals surface area contributed by atoms with E-state index in [-0.39, 0.29) is 30.4 Å². The summed E-state index contributed by atoms with van der Waals surface area (Å²) >= 11 is 0. The van der Waals surface area contributed by atoms with E-state index in [0.29, 0.717) is 6.42 Å². The number of nitrogens with one attached hydrogen (secondary N) is 2. The van der Waals surface area contributed by atoms with Gasteiger partial charge in [0.2, 0.25) is 21.8 Å². The Kier molecular flexibility index (Phi) is 4.64. The summed E-state index contributed by atoms with van der Waals surface area (Å²) in [5.41, 5.74) is 0. The maximum Gasteiger partial charge on any atom is 0.244 e. The van der Waals surface area contributed by atoms with Gasteiger partial charge in [0.05, 0.1) is 5.75 Å². The highest BCUT2D eigenvalue weighted by Gasteiger charge is 2.29. The molecule has 1 saturated heterocycles. The number of amides is 2. The zero-order valence-electron chi connectivity index (χ0n) is 10.0. The van der Waals surface area contributed by atoms with Crippen LogP contribution in [0.15, 0.2) is 0 Å². The van der Waals surface area contributed by atoms with Gasteiger partial charge in [0.25, 0.3) is 0 Å². The van der Waals surface area contributed by atoms with Crippen molar-refractivity contribution in [1.29, 1.82) is 0 Å². The summed E-state index contributed by atoms with van der Waals surface area (Å²) in [5.74, 6) is -0.627. The molecule has 0 bridgehead atoms. The van der Waals surface area contributed by atoms with Crippen LogP contribution in [0.5, 0.6) is 0 Å². The summed E-state index contributed by atoms with van der Waals surface area (Å²) in [6.07, 6.45) is 0.942. The molecule has 0 spiro atoms. The molecule has 98 valence electrons. The van der Waals surface area contributed by atoms with Crippen LogP contribution in [0.1, 0.15) is 33.1 Å². The van der Waals surface area contributed by atoms with E-state index in [1.165, 1.54) is 0 Å². The monoisotopic (exact) mass is 262 g/mol. The first-order chi connectivity index (χ1) is 7.80. The molecule has 0 aromatic carbocycles. The second kappa shape index (κ2) is 5.59. The number of carbonyl (C=O) groups is 2. The quantitative estimate of drug-likeness (QED) is 0.669. The molecule has 1 rings (SSSR count). The third-order valence-electron chi connectivity index (χ3n) is 2.52. The van der Waals surface area contributed by atoms with E-state index >= 15 is 0 Å². The summed E-state index contributed by atoms with van der Waals surface area (Å²) < 4.78 is 25.6. The predicted molar refractivity (Wildman–Crippen MR) is 62.5 cm³/mol. The SMILES string of the molecule is CC(C)CCS(=O)(=O)NC1CCC(=O)NC1=O. The maximum absolute atomic E-state index is 11.7. The molecule has 0 aromatic heterocycles. The van der Waals surface area contributed by atoms with Crippen LogP contribution < -0.4 is 10.0 Å². The number of piperidine rings is 1. The molecule has 1 aliphatic rings. The molecule has 1 heterocycles. The summed E-state index contributed by atoms with van der Waals surface area (Å²) in [6.45, 7) is 3.86. The van der Waals surface area contributed by atoms with E-state index in [1.807, 2.05) is 13.8 Å². The fourth-order valence-electron chi connectivity index (χ4n) is 1.47. The van der Waals surface area contributed by atoms with Gasteiger partial charge >= 0.3 is 0 Å². The van der Waals surface area contributed by atoms with Crippen molar-refractivity contribution in [2.45, 2.75) is 39.2 Å². The van der Waals surface area contributed by atoms with Crippen LogP contribution in [0.25, 0.3) is 0 Å². The van der Waals surface area contributed by atoms with Gasteiger partial charge < -0.3 is 0 Å². The molecular weight excluding hydrogens is 244 g/mol. The summed E-state index contributed by atoms with van der Waals surface area (Å²) in [7, 11) is -3.45. The second-order valence-corrected chi connectivity index (χ2v) is 6.50. The molecule has 17 heavy (non-hydrogen) atoms. The number of hydrogen-bond donors (Lipinski definition) is 2. The smallest absolute Gasteiger partial charge is 0.244 e. The van der Waals surface area contributed by atoms with Gasteiger partial charge in [0, 0.05) is 6.42 Å². The number of sulfonamides is 1. The fraction of sp³-hybridized carbons (Fsp3) is 0.800. The molecule has 1 fully saturated rings. The molecule has 6 nitrogen and oxygen atoms in total. The minimum Gasteiger partial charge on any atom is -0.295 e. The molecule has 2 N–H and O–H groups in total. The van der Waals surface area contributed by atoms with Gasteiger partial charge in [-0.15, -0.1) is 0 Å². The Hall–Kier alpha value is -0.950. The highest BCUT2D eigenvalue weighted by atomic mass is 32.2. The molecule has 0 radical (unpaired) electrons. The van der Waals surface area contributed by atoms with Crippen LogP contribution in [0, 0.1) is 5.92 Å². The Balaban J connectivity index is 2.53. The lowest BCUT2D eigenvalue weighted by Gasteiger charge is -2.21. The largest absolute Gasteiger partial charge is 0.295 e. The van der Waals surface area contributed by atoms with Gasteiger partial charge in [0.15, 0.2) is 0 Å². The Morgan fingerprint density at radius 2 is 2.06 bits per heavy atom. The van der Waals surface area contributed by atoms with Crippen LogP contribution in [0.4, 0.5) is 0 Å². The zero-order chi connectivity index (χ0) is 13.1. The summed E-state index contributed by atoms with van der Waals surface area (Å²) in [5, 5.41) is 2.11. The number of imide groups is 1. The van der Waals surface area contributed by atoms with Crippen LogP contribution >= 0.6 is 0 Å². The van der Waals surface area contributed by atoms with Gasteiger partial charge in [-0.2, -0.15) is 0 Å². The molecule has 1 unspecified atom stereocenters. The van der Waals surface area contributed by atoms with Crippen LogP contribution in [-0.2, 0) is 19.6 Å². The van der Waals surface area contributed by atoms with Crippen LogP contribution in [0.3, 0.4) is 0 Å². The lowest BCUT2D eigenvalue weighted by atomic mass is 10.1. The molecule has 1 aliphatic heterocycles. The van der Waals surface area contributed by atoms with Gasteiger partial charge in [0.1, 0.15) is 6.04 Å². The molecule has 0 aliphatic carbocycles. The Morgan fingerprint density at radius 3 is 2.59 bits per heavy atom. The average Bonchev–Trinajstić information content (AvgIpc) is 2.20. The minimum atomic E-state index is -3.45. The Bertz CT molecular complexity index is 403. The zero-order valence-corrected chi connectivity index (χ0v) is 10.8. The molecule has 0 saturated carbocycles. The van der Waals surface area contributed by atoms with Crippen molar-refractivity contribution in [1.82, 2.24) is 10.0 Å². The first kappa shape index (κ1) is 14.1. The van der Waals surface area contributed by atoms with Crippen LogP contribution in [-0.4, -0.2) is 32.0 Å². The van der Waals surface area contributed by atoms with Crippen molar-refractivity contribution in [2.75, 3.05) is 5.75 Å². The average molecular weight is 262 g/mol. The molecule has 7 heteroatoms. The van der Waals surface area contributed by atoms with E-state index in [4.69, 9.17) is 0 Å². The third kappa shape index (κ3) is 4.82. The molecule has 1 atom stereocenters. The predicted octanol–water partition coefficient (Wildman–Crippen LogP) is -0.243. The lowest BCUT2D eigenvalue weighted by molar-refractivity contribution is -0.134. The van der Waals surface area contributed by atoms with Gasteiger partial charge in [-0.25, -0.2) is 13.1 Å². The van der Waals surface area contributed by atoms with Crippen molar-refractivity contribution in [3.63, 3.8) is 0 Å². The van der Waals surface area contributed by atoms with E-state index in [0.717, 1.165) is 0 Å². The first-order valence-electron chi connectivity index (χ1n) is 5.64. The highest BCUT2D eigenvalue weighted by Crippen LogP contribution is 2.08. The van der Waals surface area contributed by atoms with E-state index in [9.17, 15) is 18.0 Å². The van der Waals surface area contributed by atoms with Gasteiger partial charge in [-0.1, -0.05) is 13.8 Å². The van der Waals surface area contributed by atoms with E-state index in [1.54, 1.807) is 0 Å². The number of hydrogen-bond acceptors (Lipinski definition) is 4.